The smallest absolute Gasteiger partial charge is 0.348 e. The quantitative estimate of drug-likeness (QED) is 0.578. The summed E-state index contributed by atoms with van der Waals surface area (Å²) in [7, 11) is 0. The summed E-state index contributed by atoms with van der Waals surface area (Å²) in [4.78, 5) is 0. The van der Waals surface area contributed by atoms with Crippen molar-refractivity contribution >= 4 is 0 Å². The van der Waals surface area contributed by atoms with E-state index in [1.54, 1.807) is 0 Å². The minimum atomic E-state index is -0.373. The van der Waals surface area contributed by atoms with Crippen molar-refractivity contribution in [1.29, 1.82) is 0 Å². The van der Waals surface area contributed by atoms with Gasteiger partial charge < -0.3 is 32.8 Å². The van der Waals surface area contributed by atoms with E-state index in [1.807, 2.05) is 27.7 Å². The third kappa shape index (κ3) is 7.15. The molecule has 0 saturated carbocycles. The molecule has 2 fully saturated rings. The first-order valence-corrected chi connectivity index (χ1v) is 6.50. The van der Waals surface area contributed by atoms with Crippen LogP contribution in [0.1, 0.15) is 40.5 Å². The van der Waals surface area contributed by atoms with Crippen LogP contribution in [0.5, 0.6) is 0 Å². The molecule has 4 nitrogen and oxygen atoms in total. The van der Waals surface area contributed by atoms with Crippen LogP contribution in [-0.4, -0.2) is 37.0 Å². The molecule has 2 rings (SSSR count). The van der Waals surface area contributed by atoms with Gasteiger partial charge in [0.1, 0.15) is 0 Å². The van der Waals surface area contributed by atoms with Crippen molar-refractivity contribution in [2.24, 2.45) is 0 Å². The summed E-state index contributed by atoms with van der Waals surface area (Å²) < 4.78 is 21.4. The summed E-state index contributed by atoms with van der Waals surface area (Å²) in [5.74, 6) is -0.745. The maximum Gasteiger partial charge on any atom is 2.00 e. The van der Waals surface area contributed by atoms with Crippen LogP contribution in [-0.2, 0) is 38.4 Å². The Bertz CT molecular complexity index is 230. The Kier molecular flexibility index (Phi) is 8.24. The van der Waals surface area contributed by atoms with Crippen LogP contribution in [0.25, 0.3) is 0 Å². The molecule has 0 aromatic carbocycles. The summed E-state index contributed by atoms with van der Waals surface area (Å²) in [5.41, 5.74) is 0. The fourth-order valence-electron chi connectivity index (χ4n) is 1.81. The first-order chi connectivity index (χ1) is 8.28. The van der Waals surface area contributed by atoms with Crippen LogP contribution in [0.2, 0.25) is 0 Å². The van der Waals surface area contributed by atoms with Crippen LogP contribution in [0.3, 0.4) is 0 Å². The SMILES string of the molecule is [CH2-]C[C@H]1COC(C)(C)O1.[CH2-]C[C@H]1COC(C)(C)O1.[Zn+2]. The fourth-order valence-corrected chi connectivity index (χ4v) is 1.81. The average molecular weight is 324 g/mol. The van der Waals surface area contributed by atoms with Crippen molar-refractivity contribution in [2.45, 2.75) is 64.3 Å². The zero-order chi connectivity index (χ0) is 13.8. The Morgan fingerprint density at radius 2 is 1.16 bits per heavy atom. The summed E-state index contributed by atoms with van der Waals surface area (Å²) in [6.07, 6.45) is 2.01. The van der Waals surface area contributed by atoms with E-state index in [9.17, 15) is 0 Å². The summed E-state index contributed by atoms with van der Waals surface area (Å²) in [6.45, 7) is 16.5. The van der Waals surface area contributed by atoms with Crippen molar-refractivity contribution in [3.05, 3.63) is 13.8 Å². The van der Waals surface area contributed by atoms with Gasteiger partial charge in [0.25, 0.3) is 0 Å². The molecule has 0 amide bonds. The van der Waals surface area contributed by atoms with Gasteiger partial charge in [0.15, 0.2) is 11.6 Å². The Hall–Kier alpha value is 0.463. The molecule has 2 saturated heterocycles. The number of rotatable bonds is 2. The molecule has 2 heterocycles. The Labute approximate surface area is 130 Å². The maximum absolute atomic E-state index is 5.41. The van der Waals surface area contributed by atoms with Gasteiger partial charge >= 0.3 is 19.5 Å². The molecule has 0 aromatic rings. The normalized spacial score (nSPS) is 31.3. The van der Waals surface area contributed by atoms with Gasteiger partial charge in [0.2, 0.25) is 0 Å². The fraction of sp³-hybridized carbons (Fsp3) is 0.857. The third-order valence-corrected chi connectivity index (χ3v) is 2.78. The van der Waals surface area contributed by atoms with Gasteiger partial charge in [-0.2, -0.15) is 12.8 Å². The second-order valence-corrected chi connectivity index (χ2v) is 5.48. The maximum atomic E-state index is 5.41. The predicted octanol–water partition coefficient (Wildman–Crippen LogP) is 2.72. The molecule has 0 bridgehead atoms. The van der Waals surface area contributed by atoms with Crippen molar-refractivity contribution in [1.82, 2.24) is 0 Å². The molecule has 0 aliphatic carbocycles. The van der Waals surface area contributed by atoms with Gasteiger partial charge in [0, 0.05) is 0 Å². The van der Waals surface area contributed by atoms with E-state index in [0.29, 0.717) is 13.2 Å². The van der Waals surface area contributed by atoms with E-state index in [0.717, 1.165) is 12.8 Å². The Balaban J connectivity index is 0.000000324. The molecule has 0 aromatic heterocycles. The van der Waals surface area contributed by atoms with E-state index in [1.165, 1.54) is 0 Å². The van der Waals surface area contributed by atoms with Gasteiger partial charge in [-0.1, -0.05) is 0 Å². The number of ether oxygens (including phenoxy) is 4. The molecule has 0 N–H and O–H groups in total. The van der Waals surface area contributed by atoms with Gasteiger partial charge in [-0.25, -0.2) is 0 Å². The zero-order valence-corrected chi connectivity index (χ0v) is 15.7. The van der Waals surface area contributed by atoms with Crippen LogP contribution in [0.15, 0.2) is 0 Å². The van der Waals surface area contributed by atoms with Gasteiger partial charge in [-0.05, 0) is 27.7 Å². The minimum absolute atomic E-state index is 0. The van der Waals surface area contributed by atoms with Crippen molar-refractivity contribution < 1.29 is 38.4 Å². The average Bonchev–Trinajstić information content (AvgIpc) is 2.81. The van der Waals surface area contributed by atoms with Crippen LogP contribution in [0, 0.1) is 13.8 Å². The predicted molar refractivity (Wildman–Crippen MR) is 69.8 cm³/mol. The largest absolute Gasteiger partial charge is 2.00 e. The second-order valence-electron chi connectivity index (χ2n) is 5.48. The molecular weight excluding hydrogens is 298 g/mol. The monoisotopic (exact) mass is 322 g/mol. The van der Waals surface area contributed by atoms with Crippen LogP contribution in [0.4, 0.5) is 0 Å². The van der Waals surface area contributed by atoms with E-state index in [-0.39, 0.29) is 43.3 Å². The first-order valence-electron chi connectivity index (χ1n) is 6.50. The van der Waals surface area contributed by atoms with Crippen LogP contribution >= 0.6 is 0 Å². The summed E-state index contributed by atoms with van der Waals surface area (Å²) in [5, 5.41) is 0. The van der Waals surface area contributed by atoms with E-state index >= 15 is 0 Å². The molecular formula is C14H26O4Zn. The van der Waals surface area contributed by atoms with Gasteiger partial charge in [-0.15, -0.1) is 0 Å². The molecule has 2 aliphatic heterocycles. The number of hydrogen-bond donors (Lipinski definition) is 0. The summed E-state index contributed by atoms with van der Waals surface area (Å²) >= 11 is 0. The van der Waals surface area contributed by atoms with E-state index in [4.69, 9.17) is 18.9 Å². The van der Waals surface area contributed by atoms with E-state index in [2.05, 4.69) is 13.8 Å². The minimum Gasteiger partial charge on any atom is -0.348 e. The Morgan fingerprint density at radius 3 is 1.26 bits per heavy atom. The second kappa shape index (κ2) is 8.04. The third-order valence-electron chi connectivity index (χ3n) is 2.78. The molecule has 2 aliphatic rings. The molecule has 0 unspecified atom stereocenters. The molecule has 2 atom stereocenters. The Morgan fingerprint density at radius 1 is 0.842 bits per heavy atom. The van der Waals surface area contributed by atoms with Gasteiger partial charge in [-0.3, -0.25) is 0 Å². The topological polar surface area (TPSA) is 36.9 Å². The standard InChI is InChI=1S/2C7H13O2.Zn/c2*1-4-6-5-8-7(2,3)9-6;/h2*6H,1,4-5H2,2-3H3;/q2*-1;+2/t2*6-;/m00./s1. The summed E-state index contributed by atoms with van der Waals surface area (Å²) in [6, 6.07) is 0. The van der Waals surface area contributed by atoms with Crippen LogP contribution < -0.4 is 0 Å². The van der Waals surface area contributed by atoms with E-state index < -0.39 is 0 Å². The van der Waals surface area contributed by atoms with Crippen molar-refractivity contribution in [2.75, 3.05) is 13.2 Å². The molecule has 108 valence electrons. The molecule has 5 heteroatoms. The zero-order valence-electron chi connectivity index (χ0n) is 12.7. The molecule has 19 heavy (non-hydrogen) atoms. The van der Waals surface area contributed by atoms with Crippen molar-refractivity contribution in [3.8, 4) is 0 Å². The van der Waals surface area contributed by atoms with Crippen molar-refractivity contribution in [3.63, 3.8) is 0 Å². The number of hydrogen-bond acceptors (Lipinski definition) is 4. The first kappa shape index (κ1) is 19.5. The van der Waals surface area contributed by atoms with Gasteiger partial charge in [0.05, 0.1) is 25.4 Å². The molecule has 0 spiro atoms. The molecule has 0 radical (unpaired) electrons.